The van der Waals surface area contributed by atoms with Crippen molar-refractivity contribution in [1.82, 2.24) is 20.2 Å². The lowest BCUT2D eigenvalue weighted by atomic mass is 10.1. The van der Waals surface area contributed by atoms with Gasteiger partial charge in [0.1, 0.15) is 0 Å². The average Bonchev–Trinajstić information content (AvgIpc) is 3.08. The summed E-state index contributed by atoms with van der Waals surface area (Å²) in [5.74, 6) is 0.992. The number of rotatable bonds is 3. The zero-order valence-corrected chi connectivity index (χ0v) is 11.0. The van der Waals surface area contributed by atoms with Gasteiger partial charge in [-0.3, -0.25) is 0 Å². The molecule has 1 aromatic heterocycles. The van der Waals surface area contributed by atoms with Gasteiger partial charge in [-0.25, -0.2) is 4.68 Å². The van der Waals surface area contributed by atoms with Crippen molar-refractivity contribution in [2.24, 2.45) is 0 Å². The molecule has 0 radical (unpaired) electrons. The first kappa shape index (κ1) is 11.0. The van der Waals surface area contributed by atoms with Crippen LogP contribution >= 0.6 is 0 Å². The Labute approximate surface area is 112 Å². The van der Waals surface area contributed by atoms with Crippen LogP contribution in [0.25, 0.3) is 0 Å². The van der Waals surface area contributed by atoms with Gasteiger partial charge in [0, 0.05) is 11.7 Å². The van der Waals surface area contributed by atoms with Crippen molar-refractivity contribution in [3.8, 4) is 0 Å². The lowest BCUT2D eigenvalue weighted by Gasteiger charge is -2.24. The van der Waals surface area contributed by atoms with E-state index in [0.29, 0.717) is 12.1 Å². The largest absolute Gasteiger partial charge is 0.361 e. The van der Waals surface area contributed by atoms with Crippen LogP contribution in [-0.4, -0.2) is 26.2 Å². The van der Waals surface area contributed by atoms with Gasteiger partial charge in [-0.05, 0) is 48.2 Å². The van der Waals surface area contributed by atoms with E-state index >= 15 is 0 Å². The maximum absolute atomic E-state index is 4.21. The molecule has 5 heteroatoms. The molecule has 5 nitrogen and oxygen atoms in total. The van der Waals surface area contributed by atoms with Gasteiger partial charge in [0.2, 0.25) is 0 Å². The number of fused-ring (bicyclic) bond motifs is 1. The van der Waals surface area contributed by atoms with Crippen molar-refractivity contribution in [1.29, 1.82) is 0 Å². The van der Waals surface area contributed by atoms with Gasteiger partial charge in [0.25, 0.3) is 0 Å². The number of nitrogens with zero attached hydrogens (tertiary/aromatic N) is 5. The summed E-state index contributed by atoms with van der Waals surface area (Å²) in [6, 6.07) is 9.69. The van der Waals surface area contributed by atoms with E-state index in [2.05, 4.69) is 51.6 Å². The third kappa shape index (κ3) is 1.80. The van der Waals surface area contributed by atoms with Crippen LogP contribution in [-0.2, 0) is 13.0 Å². The Morgan fingerprint density at radius 1 is 1.26 bits per heavy atom. The van der Waals surface area contributed by atoms with Crippen molar-refractivity contribution in [3.63, 3.8) is 0 Å². The molecule has 1 atom stereocenters. The Bertz CT molecular complexity index is 601. The molecule has 0 amide bonds. The van der Waals surface area contributed by atoms with Crippen molar-refractivity contribution in [2.75, 3.05) is 4.90 Å². The average molecular weight is 255 g/mol. The molecule has 0 spiro atoms. The molecule has 0 bridgehead atoms. The van der Waals surface area contributed by atoms with E-state index in [1.165, 1.54) is 24.1 Å². The molecule has 1 fully saturated rings. The van der Waals surface area contributed by atoms with Crippen molar-refractivity contribution in [3.05, 3.63) is 35.7 Å². The fraction of sp³-hybridized carbons (Fsp3) is 0.500. The first-order chi connectivity index (χ1) is 9.33. The molecule has 0 N–H and O–H groups in total. The number of para-hydroxylation sites is 1. The highest BCUT2D eigenvalue weighted by molar-refractivity contribution is 5.59. The first-order valence-corrected chi connectivity index (χ1v) is 6.94. The zero-order chi connectivity index (χ0) is 12.8. The zero-order valence-electron chi connectivity index (χ0n) is 11.0. The fourth-order valence-electron chi connectivity index (χ4n) is 2.94. The summed E-state index contributed by atoms with van der Waals surface area (Å²) >= 11 is 0. The van der Waals surface area contributed by atoms with E-state index in [1.807, 2.05) is 4.68 Å². The van der Waals surface area contributed by atoms with Crippen LogP contribution in [0.5, 0.6) is 0 Å². The number of tetrazole rings is 1. The standard InChI is InChI=1S/C14H17N5/c1-10-8-11-4-2-3-5-13(11)18(10)9-14-15-16-17-19(14)12-6-7-12/h2-5,10,12H,6-9H2,1H3. The van der Waals surface area contributed by atoms with Crippen molar-refractivity contribution < 1.29 is 0 Å². The third-order valence-electron chi connectivity index (χ3n) is 4.11. The summed E-state index contributed by atoms with van der Waals surface area (Å²) in [6.07, 6.45) is 3.54. The summed E-state index contributed by atoms with van der Waals surface area (Å²) in [7, 11) is 0. The highest BCUT2D eigenvalue weighted by Crippen LogP contribution is 2.36. The molecule has 98 valence electrons. The molecule has 2 aliphatic rings. The van der Waals surface area contributed by atoms with Gasteiger partial charge >= 0.3 is 0 Å². The first-order valence-electron chi connectivity index (χ1n) is 6.94. The van der Waals surface area contributed by atoms with Gasteiger partial charge in [0.05, 0.1) is 12.6 Å². The quantitative estimate of drug-likeness (QED) is 0.841. The van der Waals surface area contributed by atoms with Gasteiger partial charge in [-0.1, -0.05) is 18.2 Å². The molecule has 0 saturated heterocycles. The normalized spacial score (nSPS) is 21.7. The highest BCUT2D eigenvalue weighted by Gasteiger charge is 2.31. The summed E-state index contributed by atoms with van der Waals surface area (Å²) < 4.78 is 2.01. The summed E-state index contributed by atoms with van der Waals surface area (Å²) in [6.45, 7) is 3.08. The Hall–Kier alpha value is -1.91. The number of aromatic nitrogens is 4. The Kier molecular flexibility index (Phi) is 2.33. The Morgan fingerprint density at radius 3 is 2.95 bits per heavy atom. The van der Waals surface area contributed by atoms with Crippen LogP contribution in [0.1, 0.15) is 37.2 Å². The minimum atomic E-state index is 0.516. The van der Waals surface area contributed by atoms with Crippen LogP contribution < -0.4 is 4.90 Å². The molecule has 4 rings (SSSR count). The summed E-state index contributed by atoms with van der Waals surface area (Å²) in [4.78, 5) is 2.42. The van der Waals surface area contributed by atoms with E-state index in [4.69, 9.17) is 0 Å². The second-order valence-electron chi connectivity index (χ2n) is 5.58. The highest BCUT2D eigenvalue weighted by atomic mass is 15.6. The topological polar surface area (TPSA) is 46.8 Å². The SMILES string of the molecule is CC1Cc2ccccc2N1Cc1nnnn1C1CC1. The van der Waals surface area contributed by atoms with Crippen LogP contribution in [0.2, 0.25) is 0 Å². The second-order valence-corrected chi connectivity index (χ2v) is 5.58. The Morgan fingerprint density at radius 2 is 2.11 bits per heavy atom. The molecule has 2 heterocycles. The number of benzene rings is 1. The molecular weight excluding hydrogens is 238 g/mol. The fourth-order valence-corrected chi connectivity index (χ4v) is 2.94. The molecule has 1 unspecified atom stereocenters. The Balaban J connectivity index is 1.64. The molecule has 19 heavy (non-hydrogen) atoms. The number of hydrogen-bond acceptors (Lipinski definition) is 4. The maximum atomic E-state index is 4.21. The molecule has 2 aromatic rings. The van der Waals surface area contributed by atoms with Crippen molar-refractivity contribution >= 4 is 5.69 Å². The third-order valence-corrected chi connectivity index (χ3v) is 4.11. The van der Waals surface area contributed by atoms with Crippen LogP contribution in [0.15, 0.2) is 24.3 Å². The van der Waals surface area contributed by atoms with Gasteiger partial charge in [-0.15, -0.1) is 5.10 Å². The van der Waals surface area contributed by atoms with Crippen LogP contribution in [0.4, 0.5) is 5.69 Å². The molecule has 1 aliphatic heterocycles. The smallest absolute Gasteiger partial charge is 0.170 e. The van der Waals surface area contributed by atoms with Crippen molar-refractivity contribution in [2.45, 2.75) is 44.8 Å². The molecule has 1 aromatic carbocycles. The minimum Gasteiger partial charge on any atom is -0.361 e. The molecular formula is C14H17N5. The number of hydrogen-bond donors (Lipinski definition) is 0. The summed E-state index contributed by atoms with van der Waals surface area (Å²) in [5, 5.41) is 12.2. The van der Waals surface area contributed by atoms with Gasteiger partial charge in [-0.2, -0.15) is 0 Å². The van der Waals surface area contributed by atoms with E-state index in [1.54, 1.807) is 0 Å². The van der Waals surface area contributed by atoms with Crippen LogP contribution in [0, 0.1) is 0 Å². The predicted molar refractivity (Wildman–Crippen MR) is 71.9 cm³/mol. The molecule has 1 aliphatic carbocycles. The van der Waals surface area contributed by atoms with E-state index < -0.39 is 0 Å². The lowest BCUT2D eigenvalue weighted by Crippen LogP contribution is -2.30. The number of anilines is 1. The van der Waals surface area contributed by atoms with E-state index in [-0.39, 0.29) is 0 Å². The van der Waals surface area contributed by atoms with E-state index in [0.717, 1.165) is 18.8 Å². The monoisotopic (exact) mass is 255 g/mol. The van der Waals surface area contributed by atoms with Gasteiger partial charge < -0.3 is 4.90 Å². The maximum Gasteiger partial charge on any atom is 0.170 e. The van der Waals surface area contributed by atoms with E-state index in [9.17, 15) is 0 Å². The van der Waals surface area contributed by atoms with Gasteiger partial charge in [0.15, 0.2) is 5.82 Å². The second kappa shape index (κ2) is 4.05. The summed E-state index contributed by atoms with van der Waals surface area (Å²) in [5.41, 5.74) is 2.76. The lowest BCUT2D eigenvalue weighted by molar-refractivity contribution is 0.562. The minimum absolute atomic E-state index is 0.516. The predicted octanol–water partition coefficient (Wildman–Crippen LogP) is 1.96. The molecule has 1 saturated carbocycles. The van der Waals surface area contributed by atoms with Crippen LogP contribution in [0.3, 0.4) is 0 Å².